The van der Waals surface area contributed by atoms with Crippen molar-refractivity contribution >= 4 is 46.4 Å². The van der Waals surface area contributed by atoms with Crippen LogP contribution in [0, 0.1) is 23.7 Å². The van der Waals surface area contributed by atoms with E-state index in [9.17, 15) is 28.8 Å². The van der Waals surface area contributed by atoms with E-state index >= 15 is 0 Å². The molecule has 0 saturated carbocycles. The van der Waals surface area contributed by atoms with Gasteiger partial charge in [-0.1, -0.05) is 73.1 Å². The van der Waals surface area contributed by atoms with Crippen molar-refractivity contribution in [1.29, 1.82) is 0 Å². The number of ether oxygens (including phenoxy) is 2. The number of aliphatic carboxylic acids is 1. The fourth-order valence-corrected chi connectivity index (χ4v) is 9.28. The first-order valence-corrected chi connectivity index (χ1v) is 21.8. The van der Waals surface area contributed by atoms with Crippen LogP contribution in [0.1, 0.15) is 92.6 Å². The third-order valence-corrected chi connectivity index (χ3v) is 12.6. The summed E-state index contributed by atoms with van der Waals surface area (Å²) in [6.07, 6.45) is 3.08. The average Bonchev–Trinajstić information content (AvgIpc) is 3.84. The number of carbonyl (C=O) groups excluding carboxylic acids is 5. The molecule has 0 aliphatic carbocycles. The summed E-state index contributed by atoms with van der Waals surface area (Å²) in [5.41, 5.74) is 7.54. The minimum absolute atomic E-state index is 0.000342. The number of nitrogens with one attached hydrogen (secondary N) is 3. The molecule has 6 N–H and O–H groups in total. The van der Waals surface area contributed by atoms with E-state index < -0.39 is 77.9 Å². The van der Waals surface area contributed by atoms with E-state index in [1.165, 1.54) is 7.11 Å². The molecule has 1 saturated heterocycles. The number of benzene rings is 1. The highest BCUT2D eigenvalue weighted by atomic mass is 16.5. The van der Waals surface area contributed by atoms with Crippen molar-refractivity contribution in [3.05, 3.63) is 36.0 Å². The van der Waals surface area contributed by atoms with E-state index in [0.717, 1.165) is 22.9 Å². The number of likely N-dealkylation sites (N-methyl/N-ethyl adjacent to an activating group) is 2. The van der Waals surface area contributed by atoms with Crippen LogP contribution in [0.25, 0.3) is 10.9 Å². The predicted octanol–water partition coefficient (Wildman–Crippen LogP) is 3.56. The lowest BCUT2D eigenvalue weighted by Crippen LogP contribution is -2.60. The zero-order valence-electron chi connectivity index (χ0n) is 38.2. The second-order valence-electron chi connectivity index (χ2n) is 17.5. The van der Waals surface area contributed by atoms with Gasteiger partial charge in [-0.25, -0.2) is 0 Å². The third kappa shape index (κ3) is 13.3. The lowest BCUT2D eigenvalue weighted by molar-refractivity contribution is -0.144. The van der Waals surface area contributed by atoms with Gasteiger partial charge in [-0.2, -0.15) is 0 Å². The molecule has 2 aromatic rings. The molecule has 0 spiro atoms. The first-order valence-electron chi connectivity index (χ1n) is 21.8. The maximum Gasteiger partial charge on any atom is 0.303 e. The first kappa shape index (κ1) is 51.0. The molecule has 5 amide bonds. The van der Waals surface area contributed by atoms with Crippen LogP contribution in [0.2, 0.25) is 0 Å². The van der Waals surface area contributed by atoms with Crippen molar-refractivity contribution in [2.45, 2.75) is 136 Å². The van der Waals surface area contributed by atoms with Crippen LogP contribution >= 0.6 is 0 Å². The molecule has 0 radical (unpaired) electrons. The molecule has 1 aliphatic heterocycles. The normalized spacial score (nSPS) is 18.5. The molecular formula is C45H73N7O9. The Morgan fingerprint density at radius 2 is 1.59 bits per heavy atom. The highest BCUT2D eigenvalue weighted by Gasteiger charge is 2.44. The zero-order valence-corrected chi connectivity index (χ0v) is 38.2. The minimum Gasteiger partial charge on any atom is -0.481 e. The Morgan fingerprint density at radius 1 is 0.951 bits per heavy atom. The fourth-order valence-electron chi connectivity index (χ4n) is 9.28. The summed E-state index contributed by atoms with van der Waals surface area (Å²) >= 11 is 0. The molecule has 16 nitrogen and oxygen atoms in total. The quantitative estimate of drug-likeness (QED) is 0.0974. The van der Waals surface area contributed by atoms with Crippen LogP contribution in [0.5, 0.6) is 0 Å². The van der Waals surface area contributed by atoms with Gasteiger partial charge < -0.3 is 35.5 Å². The lowest BCUT2D eigenvalue weighted by Gasteiger charge is -2.43. The Bertz CT molecular complexity index is 1780. The molecule has 9 atom stereocenters. The number of hydrogen-bond acceptors (Lipinski definition) is 10. The van der Waals surface area contributed by atoms with Gasteiger partial charge in [0.05, 0.1) is 42.7 Å². The molecule has 342 valence electrons. The summed E-state index contributed by atoms with van der Waals surface area (Å²) in [5.74, 6) is -4.21. The van der Waals surface area contributed by atoms with Crippen LogP contribution in [-0.4, -0.2) is 144 Å². The van der Waals surface area contributed by atoms with Gasteiger partial charge in [-0.3, -0.25) is 43.9 Å². The molecule has 1 aliphatic rings. The van der Waals surface area contributed by atoms with Gasteiger partial charge in [-0.15, -0.1) is 0 Å². The number of nitrogens with two attached hydrogens (primary N) is 1. The summed E-state index contributed by atoms with van der Waals surface area (Å²) in [7, 11) is 6.66. The molecule has 0 unspecified atom stereocenters. The lowest BCUT2D eigenvalue weighted by atomic mass is 9.87. The summed E-state index contributed by atoms with van der Waals surface area (Å²) in [5, 5.41) is 15.5. The second-order valence-corrected chi connectivity index (χ2v) is 17.5. The van der Waals surface area contributed by atoms with Crippen molar-refractivity contribution in [3.63, 3.8) is 0 Å². The Kier molecular flexibility index (Phi) is 19.8. The van der Waals surface area contributed by atoms with Gasteiger partial charge in [-0.05, 0) is 69.3 Å². The maximum absolute atomic E-state index is 14.4. The number of likely N-dealkylation sites (tertiary alicyclic amines) is 1. The molecule has 1 aromatic heterocycles. The van der Waals surface area contributed by atoms with Crippen molar-refractivity contribution in [1.82, 2.24) is 30.3 Å². The van der Waals surface area contributed by atoms with E-state index in [-0.39, 0.29) is 42.9 Å². The number of carboxylic acids is 1. The van der Waals surface area contributed by atoms with E-state index in [0.29, 0.717) is 32.4 Å². The number of carboxylic acid groups (broad SMARTS) is 1. The van der Waals surface area contributed by atoms with Crippen molar-refractivity contribution in [2.75, 3.05) is 41.4 Å². The molecule has 3 rings (SSSR count). The van der Waals surface area contributed by atoms with Gasteiger partial charge in [0.25, 0.3) is 0 Å². The number of nitrogens with zero attached hydrogens (tertiary/aromatic N) is 3. The molecule has 2 heterocycles. The Balaban J connectivity index is 1.78. The Hall–Kier alpha value is -4.38. The molecule has 61 heavy (non-hydrogen) atoms. The van der Waals surface area contributed by atoms with Crippen LogP contribution in [0.15, 0.2) is 30.5 Å². The van der Waals surface area contributed by atoms with E-state index in [4.69, 9.17) is 20.3 Å². The number of carbonyl (C=O) groups is 6. The number of para-hydroxylation sites is 1. The number of aromatic amines is 1. The monoisotopic (exact) mass is 856 g/mol. The van der Waals surface area contributed by atoms with Gasteiger partial charge in [0, 0.05) is 56.7 Å². The number of rotatable bonds is 25. The summed E-state index contributed by atoms with van der Waals surface area (Å²) in [6.45, 7) is 14.2. The summed E-state index contributed by atoms with van der Waals surface area (Å²) < 4.78 is 12.1. The van der Waals surface area contributed by atoms with Crippen LogP contribution in [-0.2, 0) is 44.7 Å². The first-order chi connectivity index (χ1) is 28.8. The fraction of sp³-hybridized carbons (Fsp3) is 0.689. The van der Waals surface area contributed by atoms with Crippen molar-refractivity contribution in [2.24, 2.45) is 29.4 Å². The standard InChI is InChI=1S/C45H73N7O9/c1-12-28(6)40(51(9)39(27(4)5)45(59)49-44(58)38(26(2)3)50(8)21-16-20-37(54)55)35(60-10)24-36(53)52-22-15-19-34(52)41(61-11)29(7)43(57)48-33(42(46)56)23-30-25-47-32-18-14-13-17-31(30)32/h13-14,17-18,25-29,33-35,38-41,47H,12,15-16,19-24H2,1-11H3,(H2,46,56)(H,48,57)(H,54,55)(H,49,58,59)/t28-,29+,33-,34-,35+,38-,39-,40-,41+/m0/s1. The number of methoxy groups -OCH3 is 2. The van der Waals surface area contributed by atoms with Gasteiger partial charge in [0.15, 0.2) is 0 Å². The minimum atomic E-state index is -0.965. The highest BCUT2D eigenvalue weighted by Crippen LogP contribution is 2.31. The number of amides is 5. The van der Waals surface area contributed by atoms with E-state index in [1.54, 1.807) is 30.9 Å². The summed E-state index contributed by atoms with van der Waals surface area (Å²) in [6, 6.07) is 4.48. The topological polar surface area (TPSA) is 217 Å². The van der Waals surface area contributed by atoms with Gasteiger partial charge in [0.2, 0.25) is 29.5 Å². The number of hydrogen-bond donors (Lipinski definition) is 5. The molecule has 1 aromatic carbocycles. The van der Waals surface area contributed by atoms with E-state index in [1.807, 2.05) is 77.0 Å². The van der Waals surface area contributed by atoms with Crippen molar-refractivity contribution in [3.8, 4) is 0 Å². The SMILES string of the molecule is CC[C@H](C)[C@@H]([C@@H](CC(=O)N1CCC[C@H]1[C@H](OC)[C@@H](C)C(=O)N[C@@H](Cc1c[nH]c2ccccc12)C(N)=O)OC)N(C)[C@H](C(=O)NC(=O)[C@H](C(C)C)N(C)CCCC(=O)O)C(C)C. The summed E-state index contributed by atoms with van der Waals surface area (Å²) in [4.78, 5) is 88.3. The number of H-pyrrole nitrogens is 1. The second kappa shape index (κ2) is 23.7. The molecule has 16 heteroatoms. The van der Waals surface area contributed by atoms with Gasteiger partial charge in [0.1, 0.15) is 6.04 Å². The van der Waals surface area contributed by atoms with Crippen molar-refractivity contribution < 1.29 is 43.3 Å². The smallest absolute Gasteiger partial charge is 0.303 e. The number of primary amides is 1. The number of imide groups is 1. The maximum atomic E-state index is 14.4. The predicted molar refractivity (Wildman–Crippen MR) is 234 cm³/mol. The highest BCUT2D eigenvalue weighted by molar-refractivity contribution is 6.00. The number of fused-ring (bicyclic) bond motifs is 1. The van der Waals surface area contributed by atoms with Gasteiger partial charge >= 0.3 is 5.97 Å². The largest absolute Gasteiger partial charge is 0.481 e. The Morgan fingerprint density at radius 3 is 2.16 bits per heavy atom. The van der Waals surface area contributed by atoms with Crippen LogP contribution in [0.3, 0.4) is 0 Å². The molecule has 0 bridgehead atoms. The zero-order chi connectivity index (χ0) is 45.7. The average molecular weight is 856 g/mol. The Labute approximate surface area is 362 Å². The number of aromatic nitrogens is 1. The molecular weight excluding hydrogens is 783 g/mol. The molecule has 1 fully saturated rings. The van der Waals surface area contributed by atoms with E-state index in [2.05, 4.69) is 22.5 Å². The third-order valence-electron chi connectivity index (χ3n) is 12.6. The van der Waals surface area contributed by atoms with Crippen LogP contribution < -0.4 is 16.4 Å². The van der Waals surface area contributed by atoms with Crippen LogP contribution in [0.4, 0.5) is 0 Å².